The molecule has 6 rings (SSSR count). The summed E-state index contributed by atoms with van der Waals surface area (Å²) >= 11 is 0. The minimum absolute atomic E-state index is 0.0299. The number of hydrogen-bond acceptors (Lipinski definition) is 19. The number of rotatable bonds is 25. The first-order chi connectivity index (χ1) is 45.4. The van der Waals surface area contributed by atoms with Crippen molar-refractivity contribution in [1.29, 1.82) is 0 Å². The minimum Gasteiger partial charge on any atom is -0.508 e. The molecule has 1 saturated heterocycles. The summed E-state index contributed by atoms with van der Waals surface area (Å²) in [7, 11) is 4.64. The van der Waals surface area contributed by atoms with Crippen LogP contribution in [0.1, 0.15) is 77.5 Å². The lowest BCUT2D eigenvalue weighted by atomic mass is 10.0. The number of para-hydroxylation sites is 1. The van der Waals surface area contributed by atoms with Crippen molar-refractivity contribution in [1.82, 2.24) is 68.5 Å². The summed E-state index contributed by atoms with van der Waals surface area (Å²) in [6.45, 7) is 9.67. The van der Waals surface area contributed by atoms with Gasteiger partial charge < -0.3 is 83.5 Å². The number of alkyl carbamates (subject to hydrolysis) is 1. The summed E-state index contributed by atoms with van der Waals surface area (Å²) in [5, 5.41) is 63.3. The fourth-order valence-electron chi connectivity index (χ4n) is 9.57. The van der Waals surface area contributed by atoms with Crippen LogP contribution >= 0.6 is 43.2 Å². The van der Waals surface area contributed by atoms with Crippen molar-refractivity contribution >= 4 is 113 Å². The van der Waals surface area contributed by atoms with Crippen LogP contribution in [-0.4, -0.2) is 188 Å². The Bertz CT molecular complexity index is 3370. The molecule has 27 nitrogen and oxygen atoms in total. The maximum atomic E-state index is 15.2. The monoisotopic (exact) mass is 1390 g/mol. The zero-order chi connectivity index (χ0) is 69.0. The van der Waals surface area contributed by atoms with Crippen molar-refractivity contribution in [3.05, 3.63) is 126 Å². The van der Waals surface area contributed by atoms with Crippen molar-refractivity contribution in [2.45, 2.75) is 151 Å². The molecule has 0 bridgehead atoms. The average molecular weight is 1390 g/mol. The van der Waals surface area contributed by atoms with E-state index < -0.39 is 126 Å². The second-order valence-electron chi connectivity index (χ2n) is 23.3. The number of nitrogens with one attached hydrogen (secondary N) is 12. The lowest BCUT2D eigenvalue weighted by Gasteiger charge is -2.29. The van der Waals surface area contributed by atoms with Gasteiger partial charge in [0.05, 0.1) is 12.2 Å². The molecule has 31 heteroatoms. The first kappa shape index (κ1) is 75.8. The number of phenolic OH excluding ortho intramolecular Hbond substituents is 1. The summed E-state index contributed by atoms with van der Waals surface area (Å²) in [6.07, 6.45) is -0.765. The highest BCUT2D eigenvalue weighted by atomic mass is 33.1. The smallest absolute Gasteiger partial charge is 0.407 e. The molecule has 2 aromatic heterocycles. The first-order valence-corrected chi connectivity index (χ1v) is 35.8. The molecule has 3 heterocycles. The summed E-state index contributed by atoms with van der Waals surface area (Å²) in [4.78, 5) is 151. The molecular formula is C64H85N13O14S4. The highest BCUT2D eigenvalue weighted by Crippen LogP contribution is 2.29. The molecule has 95 heavy (non-hydrogen) atoms. The number of amides is 11. The highest BCUT2D eigenvalue weighted by Gasteiger charge is 2.38. The van der Waals surface area contributed by atoms with Crippen molar-refractivity contribution in [2.75, 3.05) is 36.9 Å². The molecule has 15 N–H and O–H groups in total. The van der Waals surface area contributed by atoms with Crippen molar-refractivity contribution in [2.24, 2.45) is 0 Å². The summed E-state index contributed by atoms with van der Waals surface area (Å²) in [5.41, 5.74) is 1.55. The van der Waals surface area contributed by atoms with Crippen LogP contribution in [0.25, 0.3) is 10.9 Å². The van der Waals surface area contributed by atoms with Crippen molar-refractivity contribution < 1.29 is 68.0 Å². The Hall–Kier alpha value is -8.23. The predicted octanol–water partition coefficient (Wildman–Crippen LogP) is 2.79. The molecule has 1 fully saturated rings. The van der Waals surface area contributed by atoms with E-state index in [2.05, 4.69) is 68.5 Å². The molecular weight excluding hydrogens is 1300 g/mol. The van der Waals surface area contributed by atoms with Crippen LogP contribution in [0.15, 0.2) is 114 Å². The standard InChI is InChI=1S/C64H85N13O14S4/c1-7-65-62(89)75-47(31-39-17-9-8-10-18-39)56(83)73-49-35-93-94-36-50(59(86)76-52(37(2)78)60(87)67-29-30-92-95-51-22-14-16-27-66-51)74-61(88)53(38(3)79)77-54(81)45(21-13-15-28-68-63(90)91-64(4,5)6)70-57(84)48(33-41-34-69-44-20-12-11-19-43(41)44)72-55(82)46(71-58(49)85)32-40-23-25-42(80)26-24-40/h8-12,14,16-20,22-27,34,37-38,45-50,52-53,69,78-80H,7,13,15,21,28-33,35-36H2,1-6H3,(H,67,87)(H,68,90)(H,70,84)(H,71,85)(H,72,82)(H,73,83)(H,74,88)(H,76,86)(H,77,81)(H2,65,75,89)/t37-,38-,45+,46+,47-,48-,49+,50+,52+,53+/m1/s1. The molecule has 1 aliphatic heterocycles. The van der Waals surface area contributed by atoms with Gasteiger partial charge in [0.2, 0.25) is 47.3 Å². The Balaban J connectivity index is 1.40. The first-order valence-electron chi connectivity index (χ1n) is 31.0. The van der Waals surface area contributed by atoms with Crippen LogP contribution in [0.3, 0.4) is 0 Å². The lowest BCUT2D eigenvalue weighted by Crippen LogP contribution is -2.63. The van der Waals surface area contributed by atoms with Gasteiger partial charge in [0, 0.05) is 79.5 Å². The molecule has 3 aromatic carbocycles. The predicted molar refractivity (Wildman–Crippen MR) is 365 cm³/mol. The number of phenols is 1. The number of carbonyl (C=O) groups is 10. The minimum atomic E-state index is -1.82. The SMILES string of the molecule is CCNC(=O)N[C@H](Cc1ccccc1)C(=O)N[C@H]1CSSC[C@@H](C(=O)N[C@H](C(=O)NCCSSc2ccccn2)[C@@H](C)O)NC(=O)[C@H]([C@@H](C)O)NC(=O)[C@H](CCCCNC(=O)OC(C)(C)C)NC(=O)[C@@H](Cc2c[nH]c3ccccc23)NC(=O)[C@H](Cc2ccc(O)cc2)NC1=O. The molecule has 0 radical (unpaired) electrons. The zero-order valence-electron chi connectivity index (χ0n) is 53.6. The van der Waals surface area contributed by atoms with Gasteiger partial charge in [0.25, 0.3) is 0 Å². The number of nitrogens with zero attached hydrogens (tertiary/aromatic N) is 1. The second-order valence-corrected chi connectivity index (χ2v) is 28.3. The fraction of sp³-hybridized carbons (Fsp3) is 0.453. The van der Waals surface area contributed by atoms with Gasteiger partial charge in [-0.25, -0.2) is 14.6 Å². The molecule has 11 amide bonds. The molecule has 5 aromatic rings. The third kappa shape index (κ3) is 25.8. The van der Waals surface area contributed by atoms with Crippen LogP contribution in [0.4, 0.5) is 9.59 Å². The number of unbranched alkanes of at least 4 members (excludes halogenated alkanes) is 1. The number of pyridine rings is 1. The molecule has 0 unspecified atom stereocenters. The van der Waals surface area contributed by atoms with Crippen LogP contribution in [0.5, 0.6) is 5.75 Å². The number of hydrogen-bond donors (Lipinski definition) is 15. The fourth-order valence-corrected chi connectivity index (χ4v) is 13.7. The molecule has 0 saturated carbocycles. The number of aromatic hydroxyl groups is 1. The van der Waals surface area contributed by atoms with E-state index in [1.807, 2.05) is 12.1 Å². The molecule has 0 aliphatic carbocycles. The largest absolute Gasteiger partial charge is 0.508 e. The van der Waals surface area contributed by atoms with Gasteiger partial charge in [-0.15, -0.1) is 0 Å². The number of fused-ring (bicyclic) bond motifs is 1. The molecule has 0 spiro atoms. The zero-order valence-corrected chi connectivity index (χ0v) is 56.8. The third-order valence-corrected chi connectivity index (χ3v) is 19.1. The number of urea groups is 1. The topological polar surface area (TPSA) is 402 Å². The van der Waals surface area contributed by atoms with Gasteiger partial charge in [0.15, 0.2) is 0 Å². The van der Waals surface area contributed by atoms with Gasteiger partial charge in [0.1, 0.15) is 64.7 Å². The Morgan fingerprint density at radius 1 is 0.695 bits per heavy atom. The van der Waals surface area contributed by atoms with Gasteiger partial charge in [-0.1, -0.05) is 99.1 Å². The third-order valence-electron chi connectivity index (χ3n) is 14.4. The number of aliphatic hydroxyl groups excluding tert-OH is 2. The lowest BCUT2D eigenvalue weighted by molar-refractivity contribution is -0.137. The van der Waals surface area contributed by atoms with Gasteiger partial charge in [-0.05, 0) is 119 Å². The van der Waals surface area contributed by atoms with Crippen LogP contribution < -0.4 is 58.5 Å². The molecule has 10 atom stereocenters. The van der Waals surface area contributed by atoms with E-state index >= 15 is 14.4 Å². The van der Waals surface area contributed by atoms with E-state index in [0.717, 1.165) is 26.6 Å². The molecule has 514 valence electrons. The van der Waals surface area contributed by atoms with Crippen LogP contribution in [0.2, 0.25) is 0 Å². The summed E-state index contributed by atoms with van der Waals surface area (Å²) in [5.74, 6) is -7.75. The van der Waals surface area contributed by atoms with Crippen molar-refractivity contribution in [3.63, 3.8) is 0 Å². The van der Waals surface area contributed by atoms with E-state index in [1.165, 1.54) is 59.7 Å². The Morgan fingerprint density at radius 3 is 2.04 bits per heavy atom. The van der Waals surface area contributed by atoms with E-state index in [0.29, 0.717) is 33.3 Å². The summed E-state index contributed by atoms with van der Waals surface area (Å²) in [6, 6.07) is 14.1. The van der Waals surface area contributed by atoms with Gasteiger partial charge in [-0.3, -0.25) is 38.4 Å². The number of carbonyl (C=O) groups excluding carboxylic acids is 10. The summed E-state index contributed by atoms with van der Waals surface area (Å²) < 4.78 is 5.36. The van der Waals surface area contributed by atoms with E-state index in [-0.39, 0.29) is 75.4 Å². The number of aromatic nitrogens is 2. The highest BCUT2D eigenvalue weighted by molar-refractivity contribution is 8.77. The second kappa shape index (κ2) is 38.4. The number of aliphatic hydroxyl groups is 2. The maximum Gasteiger partial charge on any atom is 0.407 e. The van der Waals surface area contributed by atoms with E-state index in [9.17, 15) is 48.9 Å². The number of aromatic amines is 1. The molecule has 1 aliphatic rings. The van der Waals surface area contributed by atoms with Crippen LogP contribution in [-0.2, 0) is 62.4 Å². The normalized spacial score (nSPS) is 19.9. The maximum absolute atomic E-state index is 15.2. The Labute approximate surface area is 566 Å². The number of H-pyrrole nitrogens is 1. The van der Waals surface area contributed by atoms with E-state index in [1.54, 1.807) is 101 Å². The van der Waals surface area contributed by atoms with Crippen LogP contribution in [0, 0.1) is 0 Å². The quantitative estimate of drug-likeness (QED) is 0.0295. The van der Waals surface area contributed by atoms with E-state index in [4.69, 9.17) is 4.74 Å². The Kier molecular flexibility index (Phi) is 30.6. The number of ether oxygens (including phenoxy) is 1. The number of benzene rings is 3. The van der Waals surface area contributed by atoms with Crippen molar-refractivity contribution in [3.8, 4) is 5.75 Å². The van der Waals surface area contributed by atoms with Gasteiger partial charge >= 0.3 is 12.1 Å². The van der Waals surface area contributed by atoms with Gasteiger partial charge in [-0.2, -0.15) is 0 Å². The Morgan fingerprint density at radius 2 is 1.36 bits per heavy atom. The average Bonchev–Trinajstić information content (AvgIpc) is 1.81.